The zero-order chi connectivity index (χ0) is 23.8. The lowest BCUT2D eigenvalue weighted by Crippen LogP contribution is -2.55. The highest BCUT2D eigenvalue weighted by atomic mass is 19.3. The van der Waals surface area contributed by atoms with Crippen molar-refractivity contribution in [2.24, 2.45) is 0 Å². The molecule has 0 saturated carbocycles. The van der Waals surface area contributed by atoms with Crippen LogP contribution in [-0.4, -0.2) is 130 Å². The van der Waals surface area contributed by atoms with Gasteiger partial charge < -0.3 is 28.7 Å². The number of aliphatic hydroxyl groups is 2. The summed E-state index contributed by atoms with van der Waals surface area (Å²) in [6.07, 6.45) is -5.90. The number of likely N-dealkylation sites (N-methyl/N-ethyl adjacent to an activating group) is 2. The minimum Gasteiger partial charge on any atom is -0.385 e. The predicted octanol–water partition coefficient (Wildman–Crippen LogP) is 1.45. The molecule has 0 aromatic rings. The van der Waals surface area contributed by atoms with E-state index in [0.717, 1.165) is 6.92 Å². The van der Waals surface area contributed by atoms with Crippen molar-refractivity contribution in [2.75, 3.05) is 80.8 Å². The molecule has 0 aromatic carbocycles. The molecule has 0 aliphatic rings. The molecule has 0 heterocycles. The van der Waals surface area contributed by atoms with Crippen molar-refractivity contribution in [3.63, 3.8) is 0 Å². The van der Waals surface area contributed by atoms with Gasteiger partial charge in [0.2, 0.25) is 0 Å². The number of hydrogen-bond donors (Lipinski definition) is 2. The van der Waals surface area contributed by atoms with Gasteiger partial charge in [0.15, 0.2) is 0 Å². The molecule has 0 radical (unpaired) electrons. The Labute approximate surface area is 174 Å². The second-order valence-electron chi connectivity index (χ2n) is 9.15. The van der Waals surface area contributed by atoms with Crippen molar-refractivity contribution in [2.45, 2.75) is 37.4 Å². The third kappa shape index (κ3) is 14.4. The van der Waals surface area contributed by atoms with Crippen molar-refractivity contribution >= 4 is 0 Å². The standard InChI is InChI=1S/C18H36F6N2O4/c1-17(21,22)12-29-10-14(27)8-25(2,3)6-7-26(4,5)9-15(28)11-30-13-18(23,24)16(19)20/h14-16,27-28H,6-13H2,1-5H3/q+2. The van der Waals surface area contributed by atoms with E-state index in [9.17, 15) is 36.6 Å². The van der Waals surface area contributed by atoms with Crippen LogP contribution in [0, 0.1) is 0 Å². The smallest absolute Gasteiger partial charge is 0.330 e. The van der Waals surface area contributed by atoms with Crippen LogP contribution in [0.15, 0.2) is 0 Å². The van der Waals surface area contributed by atoms with E-state index in [4.69, 9.17) is 4.74 Å². The van der Waals surface area contributed by atoms with Gasteiger partial charge in [-0.25, -0.2) is 17.6 Å². The van der Waals surface area contributed by atoms with Crippen LogP contribution in [0.2, 0.25) is 0 Å². The highest BCUT2D eigenvalue weighted by molar-refractivity contribution is 4.68. The molecule has 30 heavy (non-hydrogen) atoms. The van der Waals surface area contributed by atoms with E-state index in [1.54, 1.807) is 14.1 Å². The number of halogens is 6. The Balaban J connectivity index is 4.33. The van der Waals surface area contributed by atoms with Crippen LogP contribution < -0.4 is 0 Å². The van der Waals surface area contributed by atoms with Crippen LogP contribution in [0.4, 0.5) is 26.3 Å². The topological polar surface area (TPSA) is 58.9 Å². The summed E-state index contributed by atoms with van der Waals surface area (Å²) in [7, 11) is 7.26. The van der Waals surface area contributed by atoms with Gasteiger partial charge in [0.25, 0.3) is 5.92 Å². The van der Waals surface area contributed by atoms with E-state index in [2.05, 4.69) is 4.74 Å². The zero-order valence-electron chi connectivity index (χ0n) is 18.3. The average molecular weight is 458 g/mol. The first-order valence-electron chi connectivity index (χ1n) is 9.55. The van der Waals surface area contributed by atoms with Gasteiger partial charge in [-0.3, -0.25) is 0 Å². The van der Waals surface area contributed by atoms with E-state index >= 15 is 0 Å². The Morgan fingerprint density at radius 2 is 1.13 bits per heavy atom. The minimum atomic E-state index is -4.26. The largest absolute Gasteiger partial charge is 0.385 e. The molecule has 0 aromatic heterocycles. The lowest BCUT2D eigenvalue weighted by Gasteiger charge is -2.37. The van der Waals surface area contributed by atoms with Gasteiger partial charge in [-0.15, -0.1) is 0 Å². The van der Waals surface area contributed by atoms with Crippen LogP contribution in [0.3, 0.4) is 0 Å². The fourth-order valence-electron chi connectivity index (χ4n) is 2.74. The van der Waals surface area contributed by atoms with Crippen molar-refractivity contribution < 1.29 is 55.0 Å². The SMILES string of the molecule is CC(F)(F)COCC(O)C[N+](C)(C)CC[N+](C)(C)CC(O)COCC(F)(F)C(F)F. The molecule has 0 spiro atoms. The summed E-state index contributed by atoms with van der Waals surface area (Å²) in [6, 6.07) is 0. The van der Waals surface area contributed by atoms with Gasteiger partial charge in [-0.05, 0) is 0 Å². The Kier molecular flexibility index (Phi) is 11.6. The maximum atomic E-state index is 12.8. The van der Waals surface area contributed by atoms with Crippen LogP contribution in [0.5, 0.6) is 0 Å². The lowest BCUT2D eigenvalue weighted by molar-refractivity contribution is -0.948. The van der Waals surface area contributed by atoms with E-state index in [1.807, 2.05) is 14.1 Å². The lowest BCUT2D eigenvalue weighted by atomic mass is 10.2. The van der Waals surface area contributed by atoms with Crippen molar-refractivity contribution in [1.29, 1.82) is 0 Å². The number of rotatable bonds is 16. The number of aliphatic hydroxyl groups excluding tert-OH is 2. The summed E-state index contributed by atoms with van der Waals surface area (Å²) in [5.74, 6) is -7.23. The van der Waals surface area contributed by atoms with Crippen LogP contribution in [-0.2, 0) is 9.47 Å². The molecule has 2 atom stereocenters. The van der Waals surface area contributed by atoms with Crippen molar-refractivity contribution in [1.82, 2.24) is 0 Å². The number of hydrogen-bond acceptors (Lipinski definition) is 4. The van der Waals surface area contributed by atoms with Crippen molar-refractivity contribution in [3.05, 3.63) is 0 Å². The first kappa shape index (κ1) is 29.3. The highest BCUT2D eigenvalue weighted by Crippen LogP contribution is 2.22. The fourth-order valence-corrected chi connectivity index (χ4v) is 2.74. The Bertz CT molecular complexity index is 490. The minimum absolute atomic E-state index is 0.136. The van der Waals surface area contributed by atoms with Gasteiger partial charge in [0.1, 0.15) is 51.6 Å². The summed E-state index contributed by atoms with van der Waals surface area (Å²) < 4.78 is 85.2. The average Bonchev–Trinajstić information content (AvgIpc) is 2.50. The third-order valence-electron chi connectivity index (χ3n) is 4.31. The maximum absolute atomic E-state index is 12.8. The molecule has 0 saturated heterocycles. The van der Waals surface area contributed by atoms with E-state index in [0.29, 0.717) is 17.6 Å². The monoisotopic (exact) mass is 458 g/mol. The van der Waals surface area contributed by atoms with E-state index in [-0.39, 0.29) is 24.2 Å². The van der Waals surface area contributed by atoms with Gasteiger partial charge >= 0.3 is 12.3 Å². The first-order chi connectivity index (χ1) is 13.4. The zero-order valence-corrected chi connectivity index (χ0v) is 18.3. The molecular weight excluding hydrogens is 422 g/mol. The Morgan fingerprint density at radius 3 is 1.47 bits per heavy atom. The predicted molar refractivity (Wildman–Crippen MR) is 98.9 cm³/mol. The summed E-state index contributed by atoms with van der Waals surface area (Å²) in [5, 5.41) is 20.0. The molecule has 12 heteroatoms. The van der Waals surface area contributed by atoms with Gasteiger partial charge in [0, 0.05) is 6.92 Å². The number of quaternary nitrogens is 2. The molecule has 0 bridgehead atoms. The number of ether oxygens (including phenoxy) is 2. The van der Waals surface area contributed by atoms with Crippen LogP contribution >= 0.6 is 0 Å². The van der Waals surface area contributed by atoms with Crippen molar-refractivity contribution in [3.8, 4) is 0 Å². The molecule has 0 fully saturated rings. The Morgan fingerprint density at radius 1 is 0.767 bits per heavy atom. The molecule has 2 N–H and O–H groups in total. The second-order valence-corrected chi connectivity index (χ2v) is 9.15. The van der Waals surface area contributed by atoms with Gasteiger partial charge in [-0.1, -0.05) is 0 Å². The molecule has 0 aliphatic carbocycles. The Hall–Kier alpha value is -0.660. The van der Waals surface area contributed by atoms with E-state index < -0.39 is 50.3 Å². The first-order valence-corrected chi connectivity index (χ1v) is 9.55. The van der Waals surface area contributed by atoms with Crippen LogP contribution in [0.1, 0.15) is 6.92 Å². The molecule has 0 rings (SSSR count). The van der Waals surface area contributed by atoms with Gasteiger partial charge in [0.05, 0.1) is 41.4 Å². The number of nitrogens with zero attached hydrogens (tertiary/aromatic N) is 2. The molecule has 0 amide bonds. The summed E-state index contributed by atoms with van der Waals surface area (Å²) in [4.78, 5) is 0. The van der Waals surface area contributed by atoms with Gasteiger partial charge in [-0.2, -0.15) is 8.78 Å². The summed E-state index contributed by atoms with van der Waals surface area (Å²) >= 11 is 0. The fraction of sp³-hybridized carbons (Fsp3) is 1.00. The second kappa shape index (κ2) is 11.8. The summed E-state index contributed by atoms with van der Waals surface area (Å²) in [5.41, 5.74) is 0. The summed E-state index contributed by atoms with van der Waals surface area (Å²) in [6.45, 7) is -0.774. The van der Waals surface area contributed by atoms with Crippen LogP contribution in [0.25, 0.3) is 0 Å². The maximum Gasteiger partial charge on any atom is 0.330 e. The third-order valence-corrected chi connectivity index (χ3v) is 4.31. The molecule has 0 aliphatic heterocycles. The normalized spacial score (nSPS) is 16.2. The molecular formula is C18H36F6N2O4+2. The van der Waals surface area contributed by atoms with E-state index in [1.165, 1.54) is 0 Å². The molecule has 6 nitrogen and oxygen atoms in total. The number of alkyl halides is 6. The molecule has 2 unspecified atom stereocenters. The quantitative estimate of drug-likeness (QED) is 0.272. The molecule has 182 valence electrons. The highest BCUT2D eigenvalue weighted by Gasteiger charge is 2.41.